The molecule has 2 fully saturated rings. The molecule has 1 saturated heterocycles. The van der Waals surface area contributed by atoms with Gasteiger partial charge in [0.25, 0.3) is 0 Å². The lowest BCUT2D eigenvalue weighted by Crippen LogP contribution is -2.38. The van der Waals surface area contributed by atoms with Gasteiger partial charge in [0, 0.05) is 25.7 Å². The van der Waals surface area contributed by atoms with Gasteiger partial charge in [-0.15, -0.1) is 12.4 Å². The number of hydrogen-bond acceptors (Lipinski definition) is 4. The van der Waals surface area contributed by atoms with Crippen molar-refractivity contribution in [1.29, 1.82) is 0 Å². The van der Waals surface area contributed by atoms with Crippen LogP contribution in [0.5, 0.6) is 5.88 Å². The van der Waals surface area contributed by atoms with E-state index in [9.17, 15) is 27.5 Å². The summed E-state index contributed by atoms with van der Waals surface area (Å²) in [6.45, 7) is 1.69. The number of benzene rings is 1. The van der Waals surface area contributed by atoms with Crippen molar-refractivity contribution in [3.63, 3.8) is 0 Å². The Bertz CT molecular complexity index is 1020. The van der Waals surface area contributed by atoms with Crippen molar-refractivity contribution >= 4 is 30.0 Å². The second kappa shape index (κ2) is 10.0. The number of nitrogens with zero attached hydrogens (tertiary/aromatic N) is 2. The summed E-state index contributed by atoms with van der Waals surface area (Å²) in [5.74, 6) is -1.88. The van der Waals surface area contributed by atoms with E-state index < -0.39 is 28.5 Å². The zero-order valence-corrected chi connectivity index (χ0v) is 18.9. The number of carboxylic acid groups (broad SMARTS) is 1. The quantitative estimate of drug-likeness (QED) is 0.489. The van der Waals surface area contributed by atoms with Gasteiger partial charge in [-0.2, -0.15) is 13.2 Å². The highest BCUT2D eigenvalue weighted by molar-refractivity contribution is 6.31. The molecule has 0 amide bonds. The van der Waals surface area contributed by atoms with Crippen molar-refractivity contribution in [3.8, 4) is 5.88 Å². The fraction of sp³-hybridized carbons (Fsp3) is 0.455. The fourth-order valence-corrected chi connectivity index (χ4v) is 4.21. The standard InChI is InChI=1S/C22H21ClF4N2O3.ClH/c23-18-10-28-20(9-17(18)22(25,26)27)32-14-3-5-29(6-4-14)11-13-7-19(24)16(21(30)31)8-15(13)12-1-2-12;/h7-10,12,14H,1-6,11H2,(H,30,31);1H. The van der Waals surface area contributed by atoms with Crippen molar-refractivity contribution in [2.75, 3.05) is 13.1 Å². The summed E-state index contributed by atoms with van der Waals surface area (Å²) in [5, 5.41) is 8.71. The first-order chi connectivity index (χ1) is 15.1. The van der Waals surface area contributed by atoms with Gasteiger partial charge in [0.2, 0.25) is 5.88 Å². The van der Waals surface area contributed by atoms with Crippen LogP contribution >= 0.6 is 24.0 Å². The molecule has 180 valence electrons. The van der Waals surface area contributed by atoms with Gasteiger partial charge in [0.05, 0.1) is 22.3 Å². The van der Waals surface area contributed by atoms with Gasteiger partial charge in [0.1, 0.15) is 11.9 Å². The molecule has 11 heteroatoms. The Balaban J connectivity index is 0.00000306. The van der Waals surface area contributed by atoms with E-state index in [2.05, 4.69) is 9.88 Å². The molecule has 1 aliphatic heterocycles. The first kappa shape index (κ1) is 25.5. The Morgan fingerprint density at radius 2 is 1.85 bits per heavy atom. The van der Waals surface area contributed by atoms with Crippen LogP contribution in [0.25, 0.3) is 0 Å². The zero-order chi connectivity index (χ0) is 23.0. The molecule has 1 aromatic carbocycles. The molecule has 4 rings (SSSR count). The molecule has 2 heterocycles. The van der Waals surface area contributed by atoms with Crippen LogP contribution in [-0.4, -0.2) is 40.2 Å². The molecule has 1 saturated carbocycles. The number of ether oxygens (including phenoxy) is 1. The molecule has 5 nitrogen and oxygen atoms in total. The maximum Gasteiger partial charge on any atom is 0.418 e. The van der Waals surface area contributed by atoms with E-state index in [0.717, 1.165) is 36.2 Å². The van der Waals surface area contributed by atoms with Crippen molar-refractivity contribution in [2.24, 2.45) is 0 Å². The Labute approximate surface area is 199 Å². The zero-order valence-electron chi connectivity index (χ0n) is 17.4. The van der Waals surface area contributed by atoms with Crippen LogP contribution in [0, 0.1) is 5.82 Å². The van der Waals surface area contributed by atoms with Crippen molar-refractivity contribution in [1.82, 2.24) is 9.88 Å². The largest absolute Gasteiger partial charge is 0.478 e. The molecular formula is C22H22Cl2F4N2O3. The summed E-state index contributed by atoms with van der Waals surface area (Å²) in [6, 6.07) is 3.57. The highest BCUT2D eigenvalue weighted by Gasteiger charge is 2.34. The van der Waals surface area contributed by atoms with Crippen LogP contribution in [0.3, 0.4) is 0 Å². The second-order valence-electron chi connectivity index (χ2n) is 8.20. The fourth-order valence-electron chi connectivity index (χ4n) is 4.00. The van der Waals surface area contributed by atoms with Gasteiger partial charge in [-0.05, 0) is 54.9 Å². The topological polar surface area (TPSA) is 62.7 Å². The Kier molecular flexibility index (Phi) is 7.76. The SMILES string of the molecule is Cl.O=C(O)c1cc(C2CC2)c(CN2CCC(Oc3cc(C(F)(F)F)c(Cl)cn3)CC2)cc1F. The van der Waals surface area contributed by atoms with Crippen LogP contribution in [0.2, 0.25) is 5.02 Å². The Morgan fingerprint density at radius 3 is 2.42 bits per heavy atom. The lowest BCUT2D eigenvalue weighted by atomic mass is 9.98. The number of pyridine rings is 1. The third-order valence-electron chi connectivity index (χ3n) is 5.83. The summed E-state index contributed by atoms with van der Waals surface area (Å²) in [5.41, 5.74) is 0.369. The van der Waals surface area contributed by atoms with E-state index in [1.165, 1.54) is 12.1 Å². The van der Waals surface area contributed by atoms with E-state index in [1.54, 1.807) is 0 Å². The molecule has 2 aliphatic rings. The van der Waals surface area contributed by atoms with Gasteiger partial charge in [0.15, 0.2) is 0 Å². The molecule has 0 unspecified atom stereocenters. The second-order valence-corrected chi connectivity index (χ2v) is 8.61. The molecule has 1 N–H and O–H groups in total. The van der Waals surface area contributed by atoms with Gasteiger partial charge in [-0.3, -0.25) is 4.90 Å². The van der Waals surface area contributed by atoms with E-state index in [4.69, 9.17) is 16.3 Å². The first-order valence-corrected chi connectivity index (χ1v) is 10.7. The van der Waals surface area contributed by atoms with Crippen molar-refractivity contribution in [2.45, 2.75) is 50.4 Å². The summed E-state index contributed by atoms with van der Waals surface area (Å²) < 4.78 is 59.0. The summed E-state index contributed by atoms with van der Waals surface area (Å²) in [7, 11) is 0. The molecule has 1 aromatic heterocycles. The van der Waals surface area contributed by atoms with E-state index >= 15 is 0 Å². The lowest BCUT2D eigenvalue weighted by Gasteiger charge is -2.32. The Morgan fingerprint density at radius 1 is 1.18 bits per heavy atom. The van der Waals surface area contributed by atoms with Gasteiger partial charge < -0.3 is 9.84 Å². The third kappa shape index (κ3) is 6.07. The molecule has 33 heavy (non-hydrogen) atoms. The number of halogens is 6. The molecule has 0 radical (unpaired) electrons. The minimum atomic E-state index is -4.59. The number of likely N-dealkylation sites (tertiary alicyclic amines) is 1. The highest BCUT2D eigenvalue weighted by atomic mass is 35.5. The number of aromatic carboxylic acids is 1. The van der Waals surface area contributed by atoms with E-state index in [-0.39, 0.29) is 35.9 Å². The smallest absolute Gasteiger partial charge is 0.418 e. The number of piperidine rings is 1. The summed E-state index contributed by atoms with van der Waals surface area (Å²) >= 11 is 5.59. The average molecular weight is 509 g/mol. The van der Waals surface area contributed by atoms with E-state index in [1.807, 2.05) is 0 Å². The molecule has 0 bridgehead atoms. The highest BCUT2D eigenvalue weighted by Crippen LogP contribution is 2.43. The number of carboxylic acids is 1. The van der Waals surface area contributed by atoms with Crippen LogP contribution in [0.15, 0.2) is 24.4 Å². The molecule has 1 aliphatic carbocycles. The predicted molar refractivity (Wildman–Crippen MR) is 116 cm³/mol. The predicted octanol–water partition coefficient (Wildman–Crippen LogP) is 5.93. The third-order valence-corrected chi connectivity index (χ3v) is 6.13. The average Bonchev–Trinajstić information content (AvgIpc) is 3.55. The molecule has 0 atom stereocenters. The monoisotopic (exact) mass is 508 g/mol. The molecular weight excluding hydrogens is 487 g/mol. The van der Waals surface area contributed by atoms with Crippen LogP contribution in [0.1, 0.15) is 58.6 Å². The van der Waals surface area contributed by atoms with Crippen LogP contribution in [-0.2, 0) is 12.7 Å². The number of aromatic nitrogens is 1. The van der Waals surface area contributed by atoms with Gasteiger partial charge in [-0.1, -0.05) is 11.6 Å². The molecule has 0 spiro atoms. The maximum atomic E-state index is 14.3. The summed E-state index contributed by atoms with van der Waals surface area (Å²) in [4.78, 5) is 17.2. The number of hydrogen-bond donors (Lipinski definition) is 1. The van der Waals surface area contributed by atoms with Gasteiger partial charge >= 0.3 is 12.1 Å². The minimum absolute atomic E-state index is 0. The minimum Gasteiger partial charge on any atom is -0.478 e. The number of carbonyl (C=O) groups is 1. The van der Waals surface area contributed by atoms with E-state index in [0.29, 0.717) is 32.5 Å². The van der Waals surface area contributed by atoms with Crippen LogP contribution < -0.4 is 4.74 Å². The summed E-state index contributed by atoms with van der Waals surface area (Å²) in [6.07, 6.45) is -0.894. The van der Waals surface area contributed by atoms with Gasteiger partial charge in [-0.25, -0.2) is 14.2 Å². The Hall–Kier alpha value is -2.10. The first-order valence-electron chi connectivity index (χ1n) is 10.3. The molecule has 2 aromatic rings. The number of alkyl halides is 3. The van der Waals surface area contributed by atoms with Crippen molar-refractivity contribution in [3.05, 3.63) is 57.5 Å². The lowest BCUT2D eigenvalue weighted by molar-refractivity contribution is -0.137. The number of rotatable bonds is 6. The normalized spacial score (nSPS) is 17.5. The van der Waals surface area contributed by atoms with Crippen molar-refractivity contribution < 1.29 is 32.2 Å². The van der Waals surface area contributed by atoms with Crippen LogP contribution in [0.4, 0.5) is 17.6 Å². The maximum absolute atomic E-state index is 14.3.